The Kier molecular flexibility index (Phi) is 4.59. The molecule has 2 N–H and O–H groups in total. The van der Waals surface area contributed by atoms with Crippen LogP contribution in [0.1, 0.15) is 25.0 Å². The minimum Gasteiger partial charge on any atom is -0.507 e. The molecular formula is C24H28N6O. The molecule has 1 aromatic carbocycles. The maximum absolute atomic E-state index is 10.8. The number of hydrogen-bond donors (Lipinski definition) is 2. The van der Waals surface area contributed by atoms with E-state index in [4.69, 9.17) is 9.97 Å². The molecule has 4 heterocycles. The van der Waals surface area contributed by atoms with E-state index >= 15 is 0 Å². The second-order valence-electron chi connectivity index (χ2n) is 8.85. The summed E-state index contributed by atoms with van der Waals surface area (Å²) in [6.45, 7) is 10.4. The molecule has 0 bridgehead atoms. The Morgan fingerprint density at radius 1 is 1.10 bits per heavy atom. The topological polar surface area (TPSA) is 79.1 Å². The van der Waals surface area contributed by atoms with E-state index < -0.39 is 0 Å². The SMILES string of the molecule is Cc1c(N2C[C@@H](C)N[C@@H](C)C2)cnc2nc(-c3cc4cn(C)nc4c(C)c3O)ccc12. The van der Waals surface area contributed by atoms with E-state index in [9.17, 15) is 5.11 Å². The number of phenols is 1. The summed E-state index contributed by atoms with van der Waals surface area (Å²) in [5.41, 5.74) is 6.03. The predicted molar refractivity (Wildman–Crippen MR) is 125 cm³/mol. The van der Waals surface area contributed by atoms with E-state index in [1.165, 1.54) is 5.56 Å². The second kappa shape index (κ2) is 7.20. The van der Waals surface area contributed by atoms with Crippen LogP contribution in [0.5, 0.6) is 5.75 Å². The van der Waals surface area contributed by atoms with Crippen LogP contribution in [0, 0.1) is 13.8 Å². The summed E-state index contributed by atoms with van der Waals surface area (Å²) in [4.78, 5) is 11.9. The fourth-order valence-corrected chi connectivity index (χ4v) is 4.83. The Labute approximate surface area is 181 Å². The van der Waals surface area contributed by atoms with Gasteiger partial charge in [-0.05, 0) is 51.5 Å². The largest absolute Gasteiger partial charge is 0.507 e. The van der Waals surface area contributed by atoms with Gasteiger partial charge in [-0.1, -0.05) is 0 Å². The minimum absolute atomic E-state index is 0.218. The van der Waals surface area contributed by atoms with E-state index in [-0.39, 0.29) is 5.75 Å². The fourth-order valence-electron chi connectivity index (χ4n) is 4.83. The van der Waals surface area contributed by atoms with Crippen LogP contribution >= 0.6 is 0 Å². The van der Waals surface area contributed by atoms with E-state index in [1.54, 1.807) is 4.68 Å². The molecular weight excluding hydrogens is 388 g/mol. The average Bonchev–Trinajstić information content (AvgIpc) is 3.10. The quantitative estimate of drug-likeness (QED) is 0.519. The molecule has 7 heteroatoms. The van der Waals surface area contributed by atoms with Crippen molar-refractivity contribution in [2.75, 3.05) is 18.0 Å². The Balaban J connectivity index is 1.59. The van der Waals surface area contributed by atoms with Crippen molar-refractivity contribution in [3.05, 3.63) is 41.7 Å². The molecule has 7 nitrogen and oxygen atoms in total. The van der Waals surface area contributed by atoms with Crippen molar-refractivity contribution >= 4 is 27.6 Å². The van der Waals surface area contributed by atoms with Gasteiger partial charge >= 0.3 is 0 Å². The minimum atomic E-state index is 0.218. The number of pyridine rings is 2. The maximum atomic E-state index is 10.8. The van der Waals surface area contributed by atoms with Gasteiger partial charge in [-0.2, -0.15) is 5.10 Å². The number of rotatable bonds is 2. The molecule has 1 aliphatic rings. The van der Waals surface area contributed by atoms with Crippen molar-refractivity contribution in [2.24, 2.45) is 7.05 Å². The Bertz CT molecular complexity index is 1300. The number of piperazine rings is 1. The van der Waals surface area contributed by atoms with Gasteiger partial charge < -0.3 is 15.3 Å². The normalized spacial score (nSPS) is 19.5. The molecule has 31 heavy (non-hydrogen) atoms. The number of nitrogens with zero attached hydrogens (tertiary/aromatic N) is 5. The summed E-state index contributed by atoms with van der Waals surface area (Å²) in [7, 11) is 1.88. The summed E-state index contributed by atoms with van der Waals surface area (Å²) in [5.74, 6) is 0.218. The first-order valence-corrected chi connectivity index (χ1v) is 10.8. The van der Waals surface area contributed by atoms with Crippen LogP contribution in [0.2, 0.25) is 0 Å². The number of aromatic hydroxyl groups is 1. The zero-order valence-corrected chi connectivity index (χ0v) is 18.6. The number of anilines is 1. The van der Waals surface area contributed by atoms with E-state index in [1.807, 2.05) is 38.5 Å². The molecule has 4 aromatic rings. The van der Waals surface area contributed by atoms with Gasteiger partial charge in [0.2, 0.25) is 0 Å². The summed E-state index contributed by atoms with van der Waals surface area (Å²) in [5, 5.41) is 20.9. The summed E-state index contributed by atoms with van der Waals surface area (Å²) in [6, 6.07) is 6.87. The molecule has 0 amide bonds. The molecule has 0 aliphatic carbocycles. The van der Waals surface area contributed by atoms with Crippen LogP contribution in [0.25, 0.3) is 33.2 Å². The summed E-state index contributed by atoms with van der Waals surface area (Å²) >= 11 is 0. The highest BCUT2D eigenvalue weighted by Crippen LogP contribution is 2.37. The lowest BCUT2D eigenvalue weighted by Crippen LogP contribution is -2.54. The molecule has 160 valence electrons. The molecule has 1 saturated heterocycles. The smallest absolute Gasteiger partial charge is 0.160 e. The van der Waals surface area contributed by atoms with Crippen LogP contribution in [0.4, 0.5) is 5.69 Å². The van der Waals surface area contributed by atoms with Crippen molar-refractivity contribution in [2.45, 2.75) is 39.8 Å². The van der Waals surface area contributed by atoms with Gasteiger partial charge in [0.1, 0.15) is 5.75 Å². The maximum Gasteiger partial charge on any atom is 0.160 e. The van der Waals surface area contributed by atoms with Crippen molar-refractivity contribution in [3.63, 3.8) is 0 Å². The highest BCUT2D eigenvalue weighted by Gasteiger charge is 2.23. The van der Waals surface area contributed by atoms with E-state index in [0.717, 1.165) is 40.6 Å². The Morgan fingerprint density at radius 3 is 2.58 bits per heavy atom. The number of fused-ring (bicyclic) bond motifs is 2. The number of aromatic nitrogens is 4. The van der Waals surface area contributed by atoms with Gasteiger partial charge in [-0.15, -0.1) is 0 Å². The zero-order chi connectivity index (χ0) is 21.9. The van der Waals surface area contributed by atoms with Crippen LogP contribution in [-0.2, 0) is 7.05 Å². The van der Waals surface area contributed by atoms with Crippen LogP contribution in [0.15, 0.2) is 30.6 Å². The third kappa shape index (κ3) is 3.29. The van der Waals surface area contributed by atoms with Crippen molar-refractivity contribution < 1.29 is 5.11 Å². The third-order valence-electron chi connectivity index (χ3n) is 6.27. The van der Waals surface area contributed by atoms with Crippen LogP contribution in [-0.4, -0.2) is 50.0 Å². The molecule has 1 aliphatic heterocycles. The van der Waals surface area contributed by atoms with E-state index in [0.29, 0.717) is 29.0 Å². The zero-order valence-electron chi connectivity index (χ0n) is 18.6. The Morgan fingerprint density at radius 2 is 1.84 bits per heavy atom. The number of hydrogen-bond acceptors (Lipinski definition) is 6. The van der Waals surface area contributed by atoms with Gasteiger partial charge in [0.25, 0.3) is 0 Å². The highest BCUT2D eigenvalue weighted by molar-refractivity contribution is 5.92. The third-order valence-corrected chi connectivity index (χ3v) is 6.27. The lowest BCUT2D eigenvalue weighted by molar-refractivity contribution is 0.406. The molecule has 2 atom stereocenters. The van der Waals surface area contributed by atoms with Gasteiger partial charge in [0, 0.05) is 60.3 Å². The van der Waals surface area contributed by atoms with Crippen LogP contribution < -0.4 is 10.2 Å². The predicted octanol–water partition coefficient (Wildman–Crippen LogP) is 3.69. The number of phenolic OH excluding ortho intramolecular Hbond substituents is 1. The summed E-state index contributed by atoms with van der Waals surface area (Å²) < 4.78 is 1.76. The molecule has 0 unspecified atom stereocenters. The van der Waals surface area contributed by atoms with Crippen molar-refractivity contribution in [1.29, 1.82) is 0 Å². The van der Waals surface area contributed by atoms with Gasteiger partial charge in [0.05, 0.1) is 23.1 Å². The van der Waals surface area contributed by atoms with Gasteiger partial charge in [0.15, 0.2) is 5.65 Å². The molecule has 1 fully saturated rings. The van der Waals surface area contributed by atoms with Gasteiger partial charge in [-0.3, -0.25) is 4.68 Å². The van der Waals surface area contributed by atoms with Crippen LogP contribution in [0.3, 0.4) is 0 Å². The highest BCUT2D eigenvalue weighted by atomic mass is 16.3. The first-order valence-electron chi connectivity index (χ1n) is 10.8. The number of aryl methyl sites for hydroxylation is 3. The Hall–Kier alpha value is -3.19. The molecule has 0 radical (unpaired) electrons. The van der Waals surface area contributed by atoms with Crippen molar-refractivity contribution in [1.82, 2.24) is 25.1 Å². The molecule has 3 aromatic heterocycles. The molecule has 5 rings (SSSR count). The second-order valence-corrected chi connectivity index (χ2v) is 8.85. The lowest BCUT2D eigenvalue weighted by Gasteiger charge is -2.38. The molecule has 0 saturated carbocycles. The summed E-state index contributed by atoms with van der Waals surface area (Å²) in [6.07, 6.45) is 3.89. The first kappa shape index (κ1) is 19.8. The standard InChI is InChI=1S/C24H28N6O/c1-13-10-30(11-14(2)26-13)21-9-25-24-18(15(21)3)6-7-20(27-24)19-8-17-12-29(5)28-22(17)16(4)23(19)31/h6-9,12-14,26,31H,10-11H2,1-5H3/t13-,14+. The number of benzene rings is 1. The fraction of sp³-hybridized carbons (Fsp3) is 0.375. The molecule has 0 spiro atoms. The number of nitrogens with one attached hydrogen (secondary N) is 1. The average molecular weight is 417 g/mol. The lowest BCUT2D eigenvalue weighted by atomic mass is 10.0. The first-order chi connectivity index (χ1) is 14.8. The van der Waals surface area contributed by atoms with Crippen molar-refractivity contribution in [3.8, 4) is 17.0 Å². The monoisotopic (exact) mass is 416 g/mol. The van der Waals surface area contributed by atoms with E-state index in [2.05, 4.69) is 42.2 Å². The van der Waals surface area contributed by atoms with Gasteiger partial charge in [-0.25, -0.2) is 9.97 Å².